The molecule has 15 heavy (non-hydrogen) atoms. The van der Waals surface area contributed by atoms with Crippen LogP contribution in [0.1, 0.15) is 6.42 Å². The first-order valence-corrected chi connectivity index (χ1v) is 5.26. The van der Waals surface area contributed by atoms with E-state index in [-0.39, 0.29) is 0 Å². The van der Waals surface area contributed by atoms with Gasteiger partial charge >= 0.3 is 0 Å². The number of nitrogens with zero attached hydrogens (tertiary/aromatic N) is 1. The van der Waals surface area contributed by atoms with Crippen LogP contribution < -0.4 is 10.2 Å². The molecule has 1 aromatic carbocycles. The summed E-state index contributed by atoms with van der Waals surface area (Å²) in [4.78, 5) is 2.23. The minimum absolute atomic E-state index is 0.818. The summed E-state index contributed by atoms with van der Waals surface area (Å²) in [5.74, 6) is 0. The van der Waals surface area contributed by atoms with Crippen molar-refractivity contribution < 1.29 is 4.74 Å². The molecular weight excluding hydrogens is 188 g/mol. The molecule has 0 aliphatic heterocycles. The van der Waals surface area contributed by atoms with Gasteiger partial charge in [-0.15, -0.1) is 0 Å². The number of methoxy groups -OCH3 is 1. The summed E-state index contributed by atoms with van der Waals surface area (Å²) in [7, 11) is 5.77. The summed E-state index contributed by atoms with van der Waals surface area (Å²) < 4.78 is 5.03. The van der Waals surface area contributed by atoms with Crippen LogP contribution in [0.2, 0.25) is 0 Å². The summed E-state index contributed by atoms with van der Waals surface area (Å²) >= 11 is 0. The van der Waals surface area contributed by atoms with Gasteiger partial charge in [0.05, 0.1) is 0 Å². The quantitative estimate of drug-likeness (QED) is 0.725. The molecule has 1 aromatic rings. The van der Waals surface area contributed by atoms with E-state index in [0.29, 0.717) is 0 Å². The van der Waals surface area contributed by atoms with E-state index >= 15 is 0 Å². The Morgan fingerprint density at radius 3 is 2.47 bits per heavy atom. The van der Waals surface area contributed by atoms with Crippen LogP contribution in [0.3, 0.4) is 0 Å². The molecule has 0 spiro atoms. The van der Waals surface area contributed by atoms with Crippen molar-refractivity contribution in [3.05, 3.63) is 24.3 Å². The first-order valence-electron chi connectivity index (χ1n) is 5.26. The van der Waals surface area contributed by atoms with Gasteiger partial charge in [-0.05, 0) is 30.7 Å². The molecule has 0 unspecified atom stereocenters. The maximum atomic E-state index is 5.03. The second kappa shape index (κ2) is 6.30. The molecule has 0 heterocycles. The Hall–Kier alpha value is -1.22. The second-order valence-corrected chi connectivity index (χ2v) is 3.56. The Bertz CT molecular complexity index is 271. The van der Waals surface area contributed by atoms with Gasteiger partial charge in [-0.1, -0.05) is 0 Å². The van der Waals surface area contributed by atoms with E-state index in [1.54, 1.807) is 7.11 Å². The third-order valence-electron chi connectivity index (χ3n) is 2.44. The summed E-state index contributed by atoms with van der Waals surface area (Å²) in [6, 6.07) is 8.42. The van der Waals surface area contributed by atoms with Crippen LogP contribution >= 0.6 is 0 Å². The molecule has 3 heteroatoms. The summed E-state index contributed by atoms with van der Waals surface area (Å²) in [5.41, 5.74) is 2.38. The minimum Gasteiger partial charge on any atom is -0.388 e. The van der Waals surface area contributed by atoms with Crippen LogP contribution in [0.5, 0.6) is 0 Å². The number of nitrogens with one attached hydrogen (secondary N) is 1. The van der Waals surface area contributed by atoms with Gasteiger partial charge in [-0.25, -0.2) is 0 Å². The van der Waals surface area contributed by atoms with Gasteiger partial charge in [0.1, 0.15) is 0 Å². The van der Waals surface area contributed by atoms with Crippen LogP contribution in [-0.4, -0.2) is 34.4 Å². The first kappa shape index (κ1) is 11.9. The zero-order chi connectivity index (χ0) is 11.1. The fraction of sp³-hybridized carbons (Fsp3) is 0.500. The van der Waals surface area contributed by atoms with Crippen molar-refractivity contribution in [1.29, 1.82) is 0 Å². The van der Waals surface area contributed by atoms with Crippen molar-refractivity contribution in [3.8, 4) is 0 Å². The van der Waals surface area contributed by atoms with Gasteiger partial charge in [-0.3, -0.25) is 0 Å². The van der Waals surface area contributed by atoms with Crippen molar-refractivity contribution in [3.63, 3.8) is 0 Å². The highest BCUT2D eigenvalue weighted by atomic mass is 16.5. The van der Waals surface area contributed by atoms with Gasteiger partial charge < -0.3 is 15.0 Å². The zero-order valence-corrected chi connectivity index (χ0v) is 9.79. The molecule has 0 aromatic heterocycles. The minimum atomic E-state index is 0.818. The van der Waals surface area contributed by atoms with Crippen molar-refractivity contribution in [2.45, 2.75) is 6.42 Å². The zero-order valence-electron chi connectivity index (χ0n) is 9.79. The molecule has 0 saturated carbocycles. The molecule has 0 bridgehead atoms. The Kier molecular flexibility index (Phi) is 4.98. The number of ether oxygens (including phenoxy) is 1. The van der Waals surface area contributed by atoms with Crippen molar-refractivity contribution in [2.24, 2.45) is 0 Å². The fourth-order valence-electron chi connectivity index (χ4n) is 1.46. The topological polar surface area (TPSA) is 24.5 Å². The lowest BCUT2D eigenvalue weighted by molar-refractivity contribution is 0.196. The lowest BCUT2D eigenvalue weighted by Crippen LogP contribution is -2.19. The molecule has 0 aliphatic rings. The number of anilines is 2. The fourth-order valence-corrected chi connectivity index (χ4v) is 1.46. The second-order valence-electron chi connectivity index (χ2n) is 3.56. The Morgan fingerprint density at radius 2 is 1.93 bits per heavy atom. The van der Waals surface area contributed by atoms with E-state index in [2.05, 4.69) is 41.5 Å². The Morgan fingerprint density at radius 1 is 1.27 bits per heavy atom. The van der Waals surface area contributed by atoms with Gasteiger partial charge in [0.15, 0.2) is 0 Å². The van der Waals surface area contributed by atoms with Crippen LogP contribution in [0.4, 0.5) is 11.4 Å². The van der Waals surface area contributed by atoms with E-state index in [1.807, 2.05) is 7.05 Å². The van der Waals surface area contributed by atoms with Gasteiger partial charge in [-0.2, -0.15) is 0 Å². The Balaban J connectivity index is 2.46. The molecule has 0 fully saturated rings. The van der Waals surface area contributed by atoms with Gasteiger partial charge in [0.25, 0.3) is 0 Å². The number of hydrogen-bond donors (Lipinski definition) is 1. The smallest absolute Gasteiger partial charge is 0.0479 e. The maximum Gasteiger partial charge on any atom is 0.0479 e. The largest absolute Gasteiger partial charge is 0.388 e. The third kappa shape index (κ3) is 3.80. The van der Waals surface area contributed by atoms with Crippen molar-refractivity contribution in [1.82, 2.24) is 0 Å². The molecule has 0 saturated heterocycles. The van der Waals surface area contributed by atoms with E-state index < -0.39 is 0 Å². The van der Waals surface area contributed by atoms with E-state index in [1.165, 1.54) is 5.69 Å². The van der Waals surface area contributed by atoms with Crippen LogP contribution in [0.25, 0.3) is 0 Å². The van der Waals surface area contributed by atoms with E-state index in [4.69, 9.17) is 4.74 Å². The average Bonchev–Trinajstić information content (AvgIpc) is 2.29. The summed E-state index contributed by atoms with van der Waals surface area (Å²) in [5, 5.41) is 3.11. The molecule has 3 nitrogen and oxygen atoms in total. The lowest BCUT2D eigenvalue weighted by atomic mass is 10.2. The van der Waals surface area contributed by atoms with Crippen LogP contribution in [-0.2, 0) is 4.74 Å². The molecule has 0 aliphatic carbocycles. The molecule has 0 radical (unpaired) electrons. The maximum absolute atomic E-state index is 5.03. The van der Waals surface area contributed by atoms with E-state index in [9.17, 15) is 0 Å². The lowest BCUT2D eigenvalue weighted by Gasteiger charge is -2.19. The number of hydrogen-bond acceptors (Lipinski definition) is 3. The standard InChI is InChI=1S/C12H20N2O/c1-13-11-5-7-12(8-6-11)14(2)9-4-10-15-3/h5-8,13H,4,9-10H2,1-3H3. The first-order chi connectivity index (χ1) is 7.27. The third-order valence-corrected chi connectivity index (χ3v) is 2.44. The van der Waals surface area contributed by atoms with Gasteiger partial charge in [0, 0.05) is 45.7 Å². The van der Waals surface area contributed by atoms with Gasteiger partial charge in [0.2, 0.25) is 0 Å². The van der Waals surface area contributed by atoms with Crippen molar-refractivity contribution in [2.75, 3.05) is 44.6 Å². The predicted molar refractivity (Wildman–Crippen MR) is 65.8 cm³/mol. The molecule has 1 N–H and O–H groups in total. The van der Waals surface area contributed by atoms with Crippen LogP contribution in [0, 0.1) is 0 Å². The normalized spacial score (nSPS) is 10.1. The molecule has 0 amide bonds. The SMILES string of the molecule is CNc1ccc(N(C)CCCOC)cc1. The average molecular weight is 208 g/mol. The highest BCUT2D eigenvalue weighted by molar-refractivity contribution is 5.54. The number of rotatable bonds is 6. The highest BCUT2D eigenvalue weighted by Gasteiger charge is 1.99. The van der Waals surface area contributed by atoms with E-state index in [0.717, 1.165) is 25.3 Å². The molecule has 0 atom stereocenters. The highest BCUT2D eigenvalue weighted by Crippen LogP contribution is 2.16. The summed E-state index contributed by atoms with van der Waals surface area (Å²) in [6.07, 6.45) is 1.06. The number of benzene rings is 1. The van der Waals surface area contributed by atoms with Crippen molar-refractivity contribution >= 4 is 11.4 Å². The van der Waals surface area contributed by atoms with Crippen LogP contribution in [0.15, 0.2) is 24.3 Å². The predicted octanol–water partition coefficient (Wildman–Crippen LogP) is 2.20. The monoisotopic (exact) mass is 208 g/mol. The molecule has 84 valence electrons. The molecule has 1 rings (SSSR count). The summed E-state index contributed by atoms with van der Waals surface area (Å²) in [6.45, 7) is 1.84. The Labute approximate surface area is 92.0 Å². The molecular formula is C12H20N2O.